The maximum atomic E-state index is 14.1. The lowest BCUT2D eigenvalue weighted by Crippen LogP contribution is -1.88. The average molecular weight is 541 g/mol. The molecule has 0 bridgehead atoms. The molecule has 1 heterocycles. The van der Waals surface area contributed by atoms with E-state index in [2.05, 4.69) is 18.2 Å². The molecule has 41 heavy (non-hydrogen) atoms. The molecular weight excluding hydrogens is 515 g/mol. The Morgan fingerprint density at radius 2 is 1.02 bits per heavy atom. The van der Waals surface area contributed by atoms with Gasteiger partial charge < -0.3 is 19.7 Å². The molecule has 6 aromatic carbocycles. The van der Waals surface area contributed by atoms with Gasteiger partial charge in [0.15, 0.2) is 0 Å². The number of furan rings is 1. The highest BCUT2D eigenvalue weighted by Crippen LogP contribution is 2.40. The molecule has 0 aliphatic rings. The van der Waals surface area contributed by atoms with Gasteiger partial charge in [-0.1, -0.05) is 84.9 Å². The Bertz CT molecular complexity index is 1960. The van der Waals surface area contributed by atoms with Crippen molar-refractivity contribution < 1.29 is 24.1 Å². The fourth-order valence-electron chi connectivity index (χ4n) is 4.95. The summed E-state index contributed by atoms with van der Waals surface area (Å²) >= 11 is 0. The molecule has 0 aliphatic heterocycles. The minimum absolute atomic E-state index is 0.104. The smallest absolute Gasteiger partial charge is 0.139 e. The molecule has 0 aliphatic carbocycles. The molecule has 0 atom stereocenters. The molecular formula is C36H25FO4. The standard InChI is InChI=1S/C18H13FO2.C18H12O2/c19-15-10-9-13(12-5-2-1-3-6-12)11-14(15)18-16(20)7-4-8-17(18)21;19-15-7-4-8-17-18(15)14-11-13(9-10-16(14)20-17)12-5-2-1-3-6-12/h1-11,20-21H;1-11,19H. The Kier molecular flexibility index (Phi) is 6.84. The summed E-state index contributed by atoms with van der Waals surface area (Å²) in [7, 11) is 0. The number of rotatable bonds is 3. The molecule has 0 saturated heterocycles. The highest BCUT2D eigenvalue weighted by molar-refractivity contribution is 6.09. The molecule has 7 rings (SSSR count). The number of halogens is 1. The van der Waals surface area contributed by atoms with Crippen molar-refractivity contribution >= 4 is 21.9 Å². The van der Waals surface area contributed by atoms with Crippen molar-refractivity contribution in [3.05, 3.63) is 139 Å². The van der Waals surface area contributed by atoms with Crippen LogP contribution in [-0.4, -0.2) is 15.3 Å². The van der Waals surface area contributed by atoms with E-state index in [-0.39, 0.29) is 28.4 Å². The predicted octanol–water partition coefficient (Wildman–Crippen LogP) is 9.53. The van der Waals surface area contributed by atoms with Crippen LogP contribution < -0.4 is 0 Å². The molecule has 7 aromatic rings. The van der Waals surface area contributed by atoms with Gasteiger partial charge in [0.25, 0.3) is 0 Å². The maximum Gasteiger partial charge on any atom is 0.139 e. The third kappa shape index (κ3) is 5.09. The first-order valence-corrected chi connectivity index (χ1v) is 13.1. The lowest BCUT2D eigenvalue weighted by Gasteiger charge is -2.10. The van der Waals surface area contributed by atoms with E-state index in [1.807, 2.05) is 66.7 Å². The SMILES string of the molecule is Oc1cccc(O)c1-c1cc(-c2ccccc2)ccc1F.Oc1cccc2oc3ccc(-c4ccccc4)cc3c12. The molecule has 200 valence electrons. The second kappa shape index (κ2) is 10.9. The molecule has 4 nitrogen and oxygen atoms in total. The van der Waals surface area contributed by atoms with Crippen molar-refractivity contribution in [3.8, 4) is 50.6 Å². The van der Waals surface area contributed by atoms with Gasteiger partial charge in [0.1, 0.15) is 34.2 Å². The van der Waals surface area contributed by atoms with Crippen LogP contribution in [0.5, 0.6) is 17.2 Å². The fourth-order valence-corrected chi connectivity index (χ4v) is 4.95. The highest BCUT2D eigenvalue weighted by Gasteiger charge is 2.15. The highest BCUT2D eigenvalue weighted by atomic mass is 19.1. The molecule has 0 unspecified atom stereocenters. The first-order valence-electron chi connectivity index (χ1n) is 13.1. The van der Waals surface area contributed by atoms with Crippen molar-refractivity contribution in [1.29, 1.82) is 0 Å². The van der Waals surface area contributed by atoms with E-state index in [1.165, 1.54) is 24.3 Å². The van der Waals surface area contributed by atoms with Crippen molar-refractivity contribution in [3.63, 3.8) is 0 Å². The number of hydrogen-bond donors (Lipinski definition) is 3. The summed E-state index contributed by atoms with van der Waals surface area (Å²) in [5, 5.41) is 31.6. The third-order valence-corrected chi connectivity index (χ3v) is 6.94. The molecule has 5 heteroatoms. The van der Waals surface area contributed by atoms with Gasteiger partial charge in [-0.3, -0.25) is 0 Å². The lowest BCUT2D eigenvalue weighted by atomic mass is 9.97. The summed E-state index contributed by atoms with van der Waals surface area (Å²) in [5.41, 5.74) is 5.80. The first-order chi connectivity index (χ1) is 20.0. The van der Waals surface area contributed by atoms with E-state index < -0.39 is 5.82 Å². The molecule has 3 N–H and O–H groups in total. The molecule has 0 radical (unpaired) electrons. The minimum atomic E-state index is -0.494. The molecule has 0 spiro atoms. The number of phenols is 3. The first kappa shape index (κ1) is 25.7. The fraction of sp³-hybridized carbons (Fsp3) is 0. The Balaban J connectivity index is 0.000000148. The van der Waals surface area contributed by atoms with Crippen LogP contribution in [0.3, 0.4) is 0 Å². The molecule has 0 fully saturated rings. The van der Waals surface area contributed by atoms with E-state index in [4.69, 9.17) is 4.42 Å². The van der Waals surface area contributed by atoms with Crippen LogP contribution in [0.15, 0.2) is 138 Å². The van der Waals surface area contributed by atoms with Gasteiger partial charge in [-0.15, -0.1) is 0 Å². The normalized spacial score (nSPS) is 10.9. The van der Waals surface area contributed by atoms with Gasteiger partial charge in [-0.2, -0.15) is 0 Å². The molecule has 1 aromatic heterocycles. The van der Waals surface area contributed by atoms with Crippen molar-refractivity contribution in [2.24, 2.45) is 0 Å². The van der Waals surface area contributed by atoms with Gasteiger partial charge in [0, 0.05) is 10.9 Å². The third-order valence-electron chi connectivity index (χ3n) is 6.94. The van der Waals surface area contributed by atoms with E-state index in [0.717, 1.165) is 38.6 Å². The van der Waals surface area contributed by atoms with E-state index in [9.17, 15) is 19.7 Å². The zero-order chi connectivity index (χ0) is 28.3. The van der Waals surface area contributed by atoms with E-state index in [1.54, 1.807) is 24.3 Å². The van der Waals surface area contributed by atoms with Crippen molar-refractivity contribution in [1.82, 2.24) is 0 Å². The number of phenolic OH excluding ortho intramolecular Hbond substituents is 3. The summed E-state index contributed by atoms with van der Waals surface area (Å²) < 4.78 is 19.9. The van der Waals surface area contributed by atoms with Gasteiger partial charge in [-0.25, -0.2) is 4.39 Å². The minimum Gasteiger partial charge on any atom is -0.507 e. The van der Waals surface area contributed by atoms with Crippen LogP contribution in [0.4, 0.5) is 4.39 Å². The Labute approximate surface area is 235 Å². The summed E-state index contributed by atoms with van der Waals surface area (Å²) in [5.74, 6) is -0.545. The van der Waals surface area contributed by atoms with E-state index in [0.29, 0.717) is 5.58 Å². The molecule has 0 amide bonds. The van der Waals surface area contributed by atoms with Gasteiger partial charge in [0.05, 0.1) is 10.9 Å². The average Bonchev–Trinajstić information content (AvgIpc) is 3.38. The topological polar surface area (TPSA) is 73.8 Å². The van der Waals surface area contributed by atoms with E-state index >= 15 is 0 Å². The zero-order valence-electron chi connectivity index (χ0n) is 21.8. The summed E-state index contributed by atoms with van der Waals surface area (Å²) in [6.07, 6.45) is 0. The Hall–Kier alpha value is -5.55. The maximum absolute atomic E-state index is 14.1. The Morgan fingerprint density at radius 1 is 0.463 bits per heavy atom. The molecule has 0 saturated carbocycles. The Morgan fingerprint density at radius 3 is 1.68 bits per heavy atom. The number of hydrogen-bond acceptors (Lipinski definition) is 4. The predicted molar refractivity (Wildman–Crippen MR) is 161 cm³/mol. The number of benzene rings is 6. The van der Waals surface area contributed by atoms with Crippen molar-refractivity contribution in [2.75, 3.05) is 0 Å². The van der Waals surface area contributed by atoms with Crippen molar-refractivity contribution in [2.45, 2.75) is 0 Å². The van der Waals surface area contributed by atoms with Gasteiger partial charge in [-0.05, 0) is 70.8 Å². The van der Waals surface area contributed by atoms with Crippen LogP contribution in [-0.2, 0) is 0 Å². The van der Waals surface area contributed by atoms with Gasteiger partial charge >= 0.3 is 0 Å². The summed E-state index contributed by atoms with van der Waals surface area (Å²) in [6.45, 7) is 0. The lowest BCUT2D eigenvalue weighted by molar-refractivity contribution is 0.453. The summed E-state index contributed by atoms with van der Waals surface area (Å²) in [6, 6.07) is 40.1. The monoisotopic (exact) mass is 540 g/mol. The van der Waals surface area contributed by atoms with Crippen LogP contribution in [0.1, 0.15) is 0 Å². The van der Waals surface area contributed by atoms with Gasteiger partial charge in [0.2, 0.25) is 0 Å². The second-order valence-corrected chi connectivity index (χ2v) is 9.56. The largest absolute Gasteiger partial charge is 0.507 e. The second-order valence-electron chi connectivity index (χ2n) is 9.56. The number of aromatic hydroxyl groups is 3. The summed E-state index contributed by atoms with van der Waals surface area (Å²) in [4.78, 5) is 0. The van der Waals surface area contributed by atoms with Crippen LogP contribution in [0.25, 0.3) is 55.3 Å². The number of fused-ring (bicyclic) bond motifs is 3. The van der Waals surface area contributed by atoms with Crippen LogP contribution in [0, 0.1) is 5.82 Å². The van der Waals surface area contributed by atoms with Crippen LogP contribution >= 0.6 is 0 Å². The zero-order valence-corrected chi connectivity index (χ0v) is 21.8. The van der Waals surface area contributed by atoms with Crippen LogP contribution in [0.2, 0.25) is 0 Å². The quantitative estimate of drug-likeness (QED) is 0.209.